The van der Waals surface area contributed by atoms with E-state index >= 15 is 0 Å². The number of imidazole rings is 1. The monoisotopic (exact) mass is 439 g/mol. The van der Waals surface area contributed by atoms with Gasteiger partial charge in [-0.15, -0.1) is 0 Å². The summed E-state index contributed by atoms with van der Waals surface area (Å²) in [5.41, 5.74) is 1.43. The summed E-state index contributed by atoms with van der Waals surface area (Å²) in [6.45, 7) is 0.773. The first-order valence-corrected chi connectivity index (χ1v) is 9.65. The molecule has 0 radical (unpaired) electrons. The van der Waals surface area contributed by atoms with E-state index in [9.17, 15) is 0 Å². The normalized spacial score (nSPS) is 21.4. The van der Waals surface area contributed by atoms with Crippen molar-refractivity contribution in [2.75, 3.05) is 13.2 Å². The SMILES string of the molecule is N#Cc1ccc(C2(Cc3ncc[nH]3)OCC(COc3ccc(Br)cc3)O2)cc1. The summed E-state index contributed by atoms with van der Waals surface area (Å²) in [6, 6.07) is 17.0. The van der Waals surface area contributed by atoms with Gasteiger partial charge in [0.05, 0.1) is 24.7 Å². The highest BCUT2D eigenvalue weighted by molar-refractivity contribution is 9.10. The molecule has 1 aromatic heterocycles. The third-order valence-corrected chi connectivity index (χ3v) is 5.05. The van der Waals surface area contributed by atoms with Gasteiger partial charge in [0.1, 0.15) is 24.3 Å². The third kappa shape index (κ3) is 4.09. The Hall–Kier alpha value is -2.66. The molecule has 0 aliphatic carbocycles. The minimum atomic E-state index is -0.973. The maximum atomic E-state index is 9.06. The van der Waals surface area contributed by atoms with Crippen LogP contribution >= 0.6 is 15.9 Å². The summed E-state index contributed by atoms with van der Waals surface area (Å²) >= 11 is 3.41. The second-order valence-electron chi connectivity index (χ2n) is 6.47. The molecule has 1 N–H and O–H groups in total. The number of halogens is 1. The van der Waals surface area contributed by atoms with E-state index in [2.05, 4.69) is 32.0 Å². The number of hydrogen-bond donors (Lipinski definition) is 1. The highest BCUT2D eigenvalue weighted by Crippen LogP contribution is 2.37. The fourth-order valence-electron chi connectivity index (χ4n) is 3.13. The van der Waals surface area contributed by atoms with E-state index in [0.717, 1.165) is 21.6 Å². The lowest BCUT2D eigenvalue weighted by Crippen LogP contribution is -2.32. The van der Waals surface area contributed by atoms with Crippen LogP contribution in [0, 0.1) is 11.3 Å². The Kier molecular flexibility index (Phi) is 5.44. The number of rotatable bonds is 6. The van der Waals surface area contributed by atoms with E-state index in [1.165, 1.54) is 0 Å². The summed E-state index contributed by atoms with van der Waals surface area (Å²) in [5.74, 6) is 0.562. The van der Waals surface area contributed by atoms with Crippen molar-refractivity contribution in [3.8, 4) is 11.8 Å². The van der Waals surface area contributed by atoms with Crippen LogP contribution in [-0.2, 0) is 21.7 Å². The van der Waals surface area contributed by atoms with Crippen LogP contribution in [0.4, 0.5) is 0 Å². The predicted molar refractivity (Wildman–Crippen MR) is 106 cm³/mol. The molecule has 2 aromatic carbocycles. The van der Waals surface area contributed by atoms with E-state index in [0.29, 0.717) is 25.2 Å². The molecule has 1 saturated heterocycles. The highest BCUT2D eigenvalue weighted by Gasteiger charge is 2.44. The third-order valence-electron chi connectivity index (χ3n) is 4.52. The van der Waals surface area contributed by atoms with Crippen LogP contribution in [0.5, 0.6) is 5.75 Å². The molecule has 1 fully saturated rings. The summed E-state index contributed by atoms with van der Waals surface area (Å²) in [4.78, 5) is 7.41. The average Bonchev–Trinajstić information content (AvgIpc) is 3.39. The fourth-order valence-corrected chi connectivity index (χ4v) is 3.39. The molecular weight excluding hydrogens is 422 g/mol. The quantitative estimate of drug-likeness (QED) is 0.628. The Labute approximate surface area is 171 Å². The summed E-state index contributed by atoms with van der Waals surface area (Å²) in [5, 5.41) is 9.06. The maximum Gasteiger partial charge on any atom is 0.202 e. The van der Waals surface area contributed by atoms with E-state index < -0.39 is 5.79 Å². The Morgan fingerprint density at radius 2 is 2.00 bits per heavy atom. The largest absolute Gasteiger partial charge is 0.491 e. The molecule has 0 amide bonds. The number of aromatic amines is 1. The molecule has 0 bridgehead atoms. The van der Waals surface area contributed by atoms with Gasteiger partial charge in [-0.1, -0.05) is 28.1 Å². The van der Waals surface area contributed by atoms with Gasteiger partial charge in [0.2, 0.25) is 5.79 Å². The first-order chi connectivity index (χ1) is 13.7. The molecule has 2 unspecified atom stereocenters. The van der Waals surface area contributed by atoms with Gasteiger partial charge in [-0.25, -0.2) is 4.98 Å². The van der Waals surface area contributed by atoms with Crippen molar-refractivity contribution in [1.29, 1.82) is 5.26 Å². The standard InChI is InChI=1S/C21H18BrN3O3/c22-17-5-7-18(8-6-17)26-13-19-14-27-21(28-19,11-20-24-9-10-25-20)16-3-1-15(12-23)2-4-16/h1-10,19H,11,13-14H2,(H,24,25). The number of benzene rings is 2. The van der Waals surface area contributed by atoms with Gasteiger partial charge >= 0.3 is 0 Å². The van der Waals surface area contributed by atoms with Crippen LogP contribution in [0.15, 0.2) is 65.4 Å². The predicted octanol–water partition coefficient (Wildman–Crippen LogP) is 3.93. The molecule has 0 spiro atoms. The number of ether oxygens (including phenoxy) is 3. The molecule has 4 rings (SSSR count). The van der Waals surface area contributed by atoms with E-state index in [-0.39, 0.29) is 6.10 Å². The molecule has 28 heavy (non-hydrogen) atoms. The first kappa shape index (κ1) is 18.7. The Balaban J connectivity index is 1.51. The molecular formula is C21H18BrN3O3. The van der Waals surface area contributed by atoms with Gasteiger partial charge in [-0.2, -0.15) is 5.26 Å². The smallest absolute Gasteiger partial charge is 0.202 e. The molecule has 7 heteroatoms. The van der Waals surface area contributed by atoms with Crippen molar-refractivity contribution < 1.29 is 14.2 Å². The number of nitrogens with zero attached hydrogens (tertiary/aromatic N) is 2. The number of nitrogens with one attached hydrogen (secondary N) is 1. The van der Waals surface area contributed by atoms with Crippen molar-refractivity contribution in [3.05, 3.63) is 82.3 Å². The Morgan fingerprint density at radius 3 is 2.68 bits per heavy atom. The Morgan fingerprint density at radius 1 is 1.21 bits per heavy atom. The van der Waals surface area contributed by atoms with Gasteiger partial charge in [0, 0.05) is 22.4 Å². The van der Waals surface area contributed by atoms with Crippen molar-refractivity contribution in [3.63, 3.8) is 0 Å². The van der Waals surface area contributed by atoms with Gasteiger partial charge in [0.25, 0.3) is 0 Å². The summed E-state index contributed by atoms with van der Waals surface area (Å²) < 4.78 is 19.3. The minimum Gasteiger partial charge on any atom is -0.491 e. The molecule has 1 aliphatic heterocycles. The molecule has 1 aliphatic rings. The molecule has 142 valence electrons. The van der Waals surface area contributed by atoms with Crippen LogP contribution in [0.1, 0.15) is 17.0 Å². The van der Waals surface area contributed by atoms with Crippen LogP contribution in [0.2, 0.25) is 0 Å². The second-order valence-corrected chi connectivity index (χ2v) is 7.39. The van der Waals surface area contributed by atoms with Crippen LogP contribution in [-0.4, -0.2) is 29.3 Å². The lowest BCUT2D eigenvalue weighted by Gasteiger charge is -2.28. The molecule has 3 aromatic rings. The van der Waals surface area contributed by atoms with Gasteiger partial charge in [-0.3, -0.25) is 0 Å². The van der Waals surface area contributed by atoms with Crippen molar-refractivity contribution in [2.24, 2.45) is 0 Å². The maximum absolute atomic E-state index is 9.06. The minimum absolute atomic E-state index is 0.228. The number of aromatic nitrogens is 2. The van der Waals surface area contributed by atoms with E-state index in [4.69, 9.17) is 19.5 Å². The topological polar surface area (TPSA) is 80.2 Å². The number of H-pyrrole nitrogens is 1. The lowest BCUT2D eigenvalue weighted by atomic mass is 10.0. The molecule has 0 saturated carbocycles. The zero-order valence-electron chi connectivity index (χ0n) is 15.0. The number of nitriles is 1. The zero-order valence-corrected chi connectivity index (χ0v) is 16.6. The zero-order chi connectivity index (χ0) is 19.4. The van der Waals surface area contributed by atoms with Gasteiger partial charge in [0.15, 0.2) is 0 Å². The van der Waals surface area contributed by atoms with Crippen LogP contribution in [0.3, 0.4) is 0 Å². The van der Waals surface area contributed by atoms with Gasteiger partial charge in [-0.05, 0) is 36.4 Å². The fraction of sp³-hybridized carbons (Fsp3) is 0.238. The van der Waals surface area contributed by atoms with Crippen molar-refractivity contribution in [2.45, 2.75) is 18.3 Å². The molecule has 2 heterocycles. The first-order valence-electron chi connectivity index (χ1n) is 8.86. The molecule has 6 nitrogen and oxygen atoms in total. The van der Waals surface area contributed by atoms with E-state index in [1.807, 2.05) is 36.4 Å². The summed E-state index contributed by atoms with van der Waals surface area (Å²) in [6.07, 6.45) is 3.67. The molecule has 2 atom stereocenters. The lowest BCUT2D eigenvalue weighted by molar-refractivity contribution is -0.179. The van der Waals surface area contributed by atoms with Gasteiger partial charge < -0.3 is 19.2 Å². The Bertz CT molecular complexity index is 952. The number of hydrogen-bond acceptors (Lipinski definition) is 5. The van der Waals surface area contributed by atoms with E-state index in [1.54, 1.807) is 24.5 Å². The van der Waals surface area contributed by atoms with Crippen LogP contribution in [0.25, 0.3) is 0 Å². The highest BCUT2D eigenvalue weighted by atomic mass is 79.9. The van der Waals surface area contributed by atoms with Crippen molar-refractivity contribution >= 4 is 15.9 Å². The van der Waals surface area contributed by atoms with Crippen LogP contribution < -0.4 is 4.74 Å². The van der Waals surface area contributed by atoms with Crippen molar-refractivity contribution in [1.82, 2.24) is 9.97 Å². The second kappa shape index (κ2) is 8.15. The summed E-state index contributed by atoms with van der Waals surface area (Å²) in [7, 11) is 0. The average molecular weight is 440 g/mol.